The van der Waals surface area contributed by atoms with Gasteiger partial charge in [-0.2, -0.15) is 0 Å². The van der Waals surface area contributed by atoms with Crippen molar-refractivity contribution < 1.29 is 0 Å². The Morgan fingerprint density at radius 2 is 2.09 bits per heavy atom. The molecule has 11 heavy (non-hydrogen) atoms. The zero-order valence-corrected chi connectivity index (χ0v) is 6.71. The summed E-state index contributed by atoms with van der Waals surface area (Å²) in [6, 6.07) is 2.97. The minimum atomic E-state index is 0.00133. The molecule has 0 saturated carbocycles. The maximum Gasteiger partial charge on any atom is 0.181 e. The van der Waals surface area contributed by atoms with Crippen LogP contribution in [-0.4, -0.2) is 4.57 Å². The van der Waals surface area contributed by atoms with Gasteiger partial charge in [-0.25, -0.2) is 0 Å². The standard InChI is InChI=1S/C8H8ClNO/c1-7(9)6-10-4-2-8(11)3-5-10/h2-5H,1,6H2. The Kier molecular flexibility index (Phi) is 2.49. The average molecular weight is 170 g/mol. The lowest BCUT2D eigenvalue weighted by Gasteiger charge is -2.01. The molecular formula is C8H8ClNO. The maximum absolute atomic E-state index is 10.6. The van der Waals surface area contributed by atoms with Crippen molar-refractivity contribution in [2.24, 2.45) is 0 Å². The lowest BCUT2D eigenvalue weighted by atomic mass is 10.4. The van der Waals surface area contributed by atoms with Gasteiger partial charge in [-0.3, -0.25) is 4.79 Å². The van der Waals surface area contributed by atoms with Crippen molar-refractivity contribution in [1.82, 2.24) is 4.57 Å². The highest BCUT2D eigenvalue weighted by atomic mass is 35.5. The molecule has 0 spiro atoms. The molecule has 0 aliphatic heterocycles. The fourth-order valence-corrected chi connectivity index (χ4v) is 0.885. The first kappa shape index (κ1) is 8.08. The van der Waals surface area contributed by atoms with E-state index >= 15 is 0 Å². The van der Waals surface area contributed by atoms with Crippen LogP contribution in [0.2, 0.25) is 0 Å². The van der Waals surface area contributed by atoms with Crippen molar-refractivity contribution in [3.05, 3.63) is 46.4 Å². The Morgan fingerprint density at radius 3 is 2.55 bits per heavy atom. The average Bonchev–Trinajstić information content (AvgIpc) is 1.93. The van der Waals surface area contributed by atoms with Gasteiger partial charge in [0.1, 0.15) is 0 Å². The summed E-state index contributed by atoms with van der Waals surface area (Å²) < 4.78 is 1.79. The third kappa shape index (κ3) is 2.60. The predicted molar refractivity (Wildman–Crippen MR) is 45.7 cm³/mol. The zero-order valence-electron chi connectivity index (χ0n) is 5.96. The van der Waals surface area contributed by atoms with Gasteiger partial charge in [-0.1, -0.05) is 18.2 Å². The molecule has 0 aliphatic rings. The summed E-state index contributed by atoms with van der Waals surface area (Å²) in [5.74, 6) is 0. The first-order valence-corrected chi connectivity index (χ1v) is 3.55. The lowest BCUT2D eigenvalue weighted by Crippen LogP contribution is -2.03. The number of nitrogens with zero attached hydrogens (tertiary/aromatic N) is 1. The molecule has 0 N–H and O–H groups in total. The van der Waals surface area contributed by atoms with E-state index in [0.717, 1.165) is 0 Å². The van der Waals surface area contributed by atoms with Crippen molar-refractivity contribution in [2.45, 2.75) is 6.54 Å². The maximum atomic E-state index is 10.6. The zero-order chi connectivity index (χ0) is 8.27. The molecule has 0 unspecified atom stereocenters. The molecule has 2 nitrogen and oxygen atoms in total. The fourth-order valence-electron chi connectivity index (χ4n) is 0.747. The van der Waals surface area contributed by atoms with Crippen LogP contribution in [0.5, 0.6) is 0 Å². The molecule has 0 radical (unpaired) electrons. The Balaban J connectivity index is 2.82. The Bertz CT molecular complexity index is 296. The van der Waals surface area contributed by atoms with Gasteiger partial charge in [0.2, 0.25) is 0 Å². The van der Waals surface area contributed by atoms with E-state index in [1.165, 1.54) is 12.1 Å². The minimum Gasteiger partial charge on any atom is -0.349 e. The van der Waals surface area contributed by atoms with Crippen LogP contribution in [0, 0.1) is 0 Å². The van der Waals surface area contributed by atoms with Crippen LogP contribution in [-0.2, 0) is 6.54 Å². The molecule has 0 bridgehead atoms. The molecule has 0 fully saturated rings. The summed E-state index contributed by atoms with van der Waals surface area (Å²) in [7, 11) is 0. The monoisotopic (exact) mass is 169 g/mol. The number of hydrogen-bond acceptors (Lipinski definition) is 1. The number of halogens is 1. The van der Waals surface area contributed by atoms with Crippen molar-refractivity contribution in [3.63, 3.8) is 0 Å². The Hall–Kier alpha value is -1.02. The topological polar surface area (TPSA) is 22.0 Å². The van der Waals surface area contributed by atoms with Crippen molar-refractivity contribution in [2.75, 3.05) is 0 Å². The van der Waals surface area contributed by atoms with E-state index in [2.05, 4.69) is 6.58 Å². The van der Waals surface area contributed by atoms with Gasteiger partial charge in [0.15, 0.2) is 5.43 Å². The quantitative estimate of drug-likeness (QED) is 0.659. The summed E-state index contributed by atoms with van der Waals surface area (Å²) in [4.78, 5) is 10.6. The fraction of sp³-hybridized carbons (Fsp3) is 0.125. The molecule has 0 saturated heterocycles. The van der Waals surface area contributed by atoms with Gasteiger partial charge in [0.05, 0.1) is 6.54 Å². The van der Waals surface area contributed by atoms with Crippen LogP contribution in [0.3, 0.4) is 0 Å². The van der Waals surface area contributed by atoms with Crippen molar-refractivity contribution in [1.29, 1.82) is 0 Å². The second-order valence-electron chi connectivity index (χ2n) is 2.22. The van der Waals surface area contributed by atoms with Gasteiger partial charge in [0, 0.05) is 29.6 Å². The molecule has 1 heterocycles. The van der Waals surface area contributed by atoms with Crippen molar-refractivity contribution >= 4 is 11.6 Å². The van der Waals surface area contributed by atoms with Gasteiger partial charge >= 0.3 is 0 Å². The van der Waals surface area contributed by atoms with Gasteiger partial charge in [0.25, 0.3) is 0 Å². The molecule has 0 atom stereocenters. The summed E-state index contributed by atoms with van der Waals surface area (Å²) in [5.41, 5.74) is 0.00133. The molecule has 3 heteroatoms. The number of hydrogen-bond donors (Lipinski definition) is 0. The first-order valence-electron chi connectivity index (χ1n) is 3.18. The highest BCUT2D eigenvalue weighted by Crippen LogP contribution is 1.99. The van der Waals surface area contributed by atoms with Crippen LogP contribution >= 0.6 is 11.6 Å². The molecular weight excluding hydrogens is 162 g/mol. The smallest absolute Gasteiger partial charge is 0.181 e. The summed E-state index contributed by atoms with van der Waals surface area (Å²) in [6.07, 6.45) is 3.35. The number of rotatable bonds is 2. The normalized spacial score (nSPS) is 9.55. The van der Waals surface area contributed by atoms with E-state index in [1.807, 2.05) is 0 Å². The second-order valence-corrected chi connectivity index (χ2v) is 2.76. The molecule has 1 aromatic rings. The molecule has 58 valence electrons. The summed E-state index contributed by atoms with van der Waals surface area (Å²) in [6.45, 7) is 4.08. The van der Waals surface area contributed by atoms with E-state index < -0.39 is 0 Å². The summed E-state index contributed by atoms with van der Waals surface area (Å²) in [5, 5.41) is 0.550. The van der Waals surface area contributed by atoms with Gasteiger partial charge in [-0.15, -0.1) is 0 Å². The van der Waals surface area contributed by atoms with Crippen LogP contribution in [0.15, 0.2) is 40.9 Å². The van der Waals surface area contributed by atoms with Gasteiger partial charge in [-0.05, 0) is 0 Å². The van der Waals surface area contributed by atoms with E-state index in [4.69, 9.17) is 11.6 Å². The Labute approximate surface area is 69.7 Å². The molecule has 0 aliphatic carbocycles. The van der Waals surface area contributed by atoms with E-state index in [-0.39, 0.29) is 5.43 Å². The second kappa shape index (κ2) is 3.39. The van der Waals surface area contributed by atoms with E-state index in [1.54, 1.807) is 17.0 Å². The number of aromatic nitrogens is 1. The van der Waals surface area contributed by atoms with Crippen LogP contribution in [0.25, 0.3) is 0 Å². The molecule has 1 aromatic heterocycles. The van der Waals surface area contributed by atoms with Crippen LogP contribution < -0.4 is 5.43 Å². The summed E-state index contributed by atoms with van der Waals surface area (Å²) >= 11 is 5.56. The largest absolute Gasteiger partial charge is 0.349 e. The van der Waals surface area contributed by atoms with E-state index in [9.17, 15) is 4.79 Å². The highest BCUT2D eigenvalue weighted by Gasteiger charge is 1.89. The molecule has 0 amide bonds. The number of pyridine rings is 1. The Morgan fingerprint density at radius 1 is 1.55 bits per heavy atom. The predicted octanol–water partition coefficient (Wildman–Crippen LogP) is 1.60. The van der Waals surface area contributed by atoms with Crippen LogP contribution in [0.4, 0.5) is 0 Å². The first-order chi connectivity index (χ1) is 5.18. The SMILES string of the molecule is C=C(Cl)Cn1ccc(=O)cc1. The third-order valence-corrected chi connectivity index (χ3v) is 1.33. The van der Waals surface area contributed by atoms with E-state index in [0.29, 0.717) is 11.6 Å². The van der Waals surface area contributed by atoms with Gasteiger partial charge < -0.3 is 4.57 Å². The number of allylic oxidation sites excluding steroid dienone is 1. The molecule has 1 rings (SSSR count). The minimum absolute atomic E-state index is 0.00133. The highest BCUT2D eigenvalue weighted by molar-refractivity contribution is 6.29. The lowest BCUT2D eigenvalue weighted by molar-refractivity contribution is 0.802. The van der Waals surface area contributed by atoms with Crippen molar-refractivity contribution in [3.8, 4) is 0 Å². The molecule has 0 aromatic carbocycles. The van der Waals surface area contributed by atoms with Crippen LogP contribution in [0.1, 0.15) is 0 Å². The third-order valence-electron chi connectivity index (χ3n) is 1.21.